The third-order valence-electron chi connectivity index (χ3n) is 4.47. The first-order valence-corrected chi connectivity index (χ1v) is 11.7. The van der Waals surface area contributed by atoms with Gasteiger partial charge in [0, 0.05) is 17.2 Å². The van der Waals surface area contributed by atoms with Crippen molar-refractivity contribution in [1.29, 1.82) is 0 Å². The SMILES string of the molecule is CC(C)(C)c1nnc2sc(SCc3cc(=O)n4c(n3)sc3ccccc34)nn2c1=O. The fraction of sp³-hybridized carbons (Fsp3) is 0.263. The minimum Gasteiger partial charge on any atom is -0.269 e. The lowest BCUT2D eigenvalue weighted by molar-refractivity contribution is 0.541. The van der Waals surface area contributed by atoms with E-state index in [-0.39, 0.29) is 11.1 Å². The molecule has 0 saturated heterocycles. The Morgan fingerprint density at radius 2 is 1.87 bits per heavy atom. The van der Waals surface area contributed by atoms with Crippen LogP contribution in [-0.2, 0) is 11.2 Å². The standard InChI is InChI=1S/C19H16N6O2S3/c1-19(2,3)14-15(27)25-17(22-21-14)30-18(23-25)28-9-10-8-13(26)24-11-6-4-5-7-12(11)29-16(24)20-10/h4-8H,9H2,1-3H3. The third kappa shape index (κ3) is 3.22. The van der Waals surface area contributed by atoms with Crippen LogP contribution in [0.3, 0.4) is 0 Å². The van der Waals surface area contributed by atoms with Crippen LogP contribution in [0, 0.1) is 0 Å². The molecule has 0 bridgehead atoms. The number of hydrogen-bond donors (Lipinski definition) is 0. The molecule has 0 aliphatic rings. The van der Waals surface area contributed by atoms with Crippen molar-refractivity contribution < 1.29 is 0 Å². The van der Waals surface area contributed by atoms with Gasteiger partial charge >= 0.3 is 0 Å². The number of nitrogens with zero attached hydrogens (tertiary/aromatic N) is 6. The predicted octanol–water partition coefficient (Wildman–Crippen LogP) is 3.36. The Bertz CT molecular complexity index is 1540. The van der Waals surface area contributed by atoms with E-state index in [2.05, 4.69) is 20.3 Å². The van der Waals surface area contributed by atoms with Gasteiger partial charge in [0.05, 0.1) is 15.9 Å². The maximum atomic E-state index is 12.7. The van der Waals surface area contributed by atoms with Gasteiger partial charge < -0.3 is 0 Å². The van der Waals surface area contributed by atoms with Crippen LogP contribution in [-0.4, -0.2) is 29.2 Å². The van der Waals surface area contributed by atoms with E-state index in [1.807, 2.05) is 45.0 Å². The van der Waals surface area contributed by atoms with Crippen LogP contribution in [0.5, 0.6) is 0 Å². The maximum absolute atomic E-state index is 12.7. The highest BCUT2D eigenvalue weighted by Gasteiger charge is 2.23. The van der Waals surface area contributed by atoms with E-state index in [9.17, 15) is 9.59 Å². The van der Waals surface area contributed by atoms with Crippen LogP contribution in [0.25, 0.3) is 20.1 Å². The largest absolute Gasteiger partial charge is 0.297 e. The first-order chi connectivity index (χ1) is 14.3. The fourth-order valence-electron chi connectivity index (χ4n) is 3.06. The molecule has 0 spiro atoms. The van der Waals surface area contributed by atoms with Gasteiger partial charge in [0.2, 0.25) is 4.96 Å². The van der Waals surface area contributed by atoms with Gasteiger partial charge in [0.1, 0.15) is 5.69 Å². The molecule has 0 aliphatic carbocycles. The van der Waals surface area contributed by atoms with E-state index >= 15 is 0 Å². The Kier molecular flexibility index (Phi) is 4.49. The molecule has 5 aromatic rings. The van der Waals surface area contributed by atoms with Crippen molar-refractivity contribution in [3.8, 4) is 0 Å². The molecule has 0 amide bonds. The smallest absolute Gasteiger partial charge is 0.269 e. The monoisotopic (exact) mass is 456 g/mol. The molecule has 0 aliphatic heterocycles. The number of para-hydroxylation sites is 1. The number of aromatic nitrogens is 6. The molecule has 0 fully saturated rings. The second-order valence-corrected chi connectivity index (χ2v) is 10.9. The van der Waals surface area contributed by atoms with Crippen LogP contribution in [0.4, 0.5) is 0 Å². The Balaban J connectivity index is 1.47. The van der Waals surface area contributed by atoms with E-state index < -0.39 is 5.41 Å². The number of rotatable bonds is 3. The zero-order valence-corrected chi connectivity index (χ0v) is 18.8. The Hall–Kier alpha value is -2.63. The van der Waals surface area contributed by atoms with Crippen molar-refractivity contribution in [3.63, 3.8) is 0 Å². The molecule has 0 atom stereocenters. The molecule has 11 heteroatoms. The summed E-state index contributed by atoms with van der Waals surface area (Å²) >= 11 is 4.20. The van der Waals surface area contributed by atoms with Crippen LogP contribution in [0.1, 0.15) is 32.2 Å². The molecule has 0 saturated carbocycles. The highest BCUT2D eigenvalue weighted by Crippen LogP contribution is 2.28. The average molecular weight is 457 g/mol. The van der Waals surface area contributed by atoms with E-state index in [0.29, 0.717) is 31.4 Å². The lowest BCUT2D eigenvalue weighted by Crippen LogP contribution is -2.30. The summed E-state index contributed by atoms with van der Waals surface area (Å²) in [7, 11) is 0. The zero-order chi connectivity index (χ0) is 21.0. The van der Waals surface area contributed by atoms with Gasteiger partial charge in [-0.1, -0.05) is 67.3 Å². The highest BCUT2D eigenvalue weighted by atomic mass is 32.2. The molecule has 5 rings (SSSR count). The van der Waals surface area contributed by atoms with Crippen LogP contribution < -0.4 is 11.1 Å². The van der Waals surface area contributed by atoms with E-state index in [1.54, 1.807) is 10.5 Å². The van der Waals surface area contributed by atoms with Gasteiger partial charge in [0.15, 0.2) is 9.30 Å². The molecule has 1 aromatic carbocycles. The summed E-state index contributed by atoms with van der Waals surface area (Å²) in [6.07, 6.45) is 0. The van der Waals surface area contributed by atoms with E-state index in [1.165, 1.54) is 39.0 Å². The topological polar surface area (TPSA) is 94.5 Å². The van der Waals surface area contributed by atoms with Crippen LogP contribution in [0.2, 0.25) is 0 Å². The fourth-order valence-corrected chi connectivity index (χ4v) is 5.87. The molecule has 30 heavy (non-hydrogen) atoms. The van der Waals surface area contributed by atoms with Crippen LogP contribution >= 0.6 is 34.4 Å². The average Bonchev–Trinajstić information content (AvgIpc) is 3.27. The number of hydrogen-bond acceptors (Lipinski definition) is 9. The summed E-state index contributed by atoms with van der Waals surface area (Å²) in [5.74, 6) is 0.466. The number of fused-ring (bicyclic) bond motifs is 4. The lowest BCUT2D eigenvalue weighted by atomic mass is 9.93. The number of thioether (sulfide) groups is 1. The molecule has 0 unspecified atom stereocenters. The van der Waals surface area contributed by atoms with Crippen molar-refractivity contribution in [2.75, 3.05) is 0 Å². The summed E-state index contributed by atoms with van der Waals surface area (Å²) in [6.45, 7) is 5.75. The lowest BCUT2D eigenvalue weighted by Gasteiger charge is -2.14. The van der Waals surface area contributed by atoms with E-state index in [0.717, 1.165) is 10.2 Å². The summed E-state index contributed by atoms with van der Waals surface area (Å²) in [5, 5.41) is 12.6. The molecule has 0 N–H and O–H groups in total. The minimum absolute atomic E-state index is 0.103. The Morgan fingerprint density at radius 3 is 2.67 bits per heavy atom. The molecule has 0 radical (unpaired) electrons. The summed E-state index contributed by atoms with van der Waals surface area (Å²) in [4.78, 5) is 31.1. The van der Waals surface area contributed by atoms with Gasteiger partial charge in [-0.15, -0.1) is 15.3 Å². The van der Waals surface area contributed by atoms with E-state index in [4.69, 9.17) is 0 Å². The first kappa shape index (κ1) is 19.3. The van der Waals surface area contributed by atoms with Gasteiger partial charge in [-0.3, -0.25) is 14.0 Å². The Labute approximate surface area is 182 Å². The van der Waals surface area contributed by atoms with Gasteiger partial charge in [-0.25, -0.2) is 4.98 Å². The second kappa shape index (κ2) is 6.96. The quantitative estimate of drug-likeness (QED) is 0.384. The van der Waals surface area contributed by atoms with Crippen molar-refractivity contribution in [1.82, 2.24) is 29.2 Å². The normalized spacial score (nSPS) is 12.4. The molecule has 152 valence electrons. The predicted molar refractivity (Wildman–Crippen MR) is 120 cm³/mol. The summed E-state index contributed by atoms with van der Waals surface area (Å²) in [6, 6.07) is 9.31. The van der Waals surface area contributed by atoms with Crippen molar-refractivity contribution >= 4 is 54.6 Å². The molecule has 4 aromatic heterocycles. The molecule has 8 nitrogen and oxygen atoms in total. The second-order valence-electron chi connectivity index (χ2n) is 7.73. The van der Waals surface area contributed by atoms with Crippen molar-refractivity contribution in [2.45, 2.75) is 36.3 Å². The van der Waals surface area contributed by atoms with Crippen molar-refractivity contribution in [3.05, 3.63) is 62.4 Å². The number of benzene rings is 1. The summed E-state index contributed by atoms with van der Waals surface area (Å²) in [5.41, 5.74) is 1.16. The molecular weight excluding hydrogens is 440 g/mol. The van der Waals surface area contributed by atoms with Gasteiger partial charge in [-0.2, -0.15) is 4.52 Å². The summed E-state index contributed by atoms with van der Waals surface area (Å²) < 4.78 is 4.63. The first-order valence-electron chi connectivity index (χ1n) is 9.11. The highest BCUT2D eigenvalue weighted by molar-refractivity contribution is 8.00. The van der Waals surface area contributed by atoms with Crippen molar-refractivity contribution in [2.24, 2.45) is 0 Å². The van der Waals surface area contributed by atoms with Gasteiger partial charge in [-0.05, 0) is 12.1 Å². The minimum atomic E-state index is -0.409. The third-order valence-corrected chi connectivity index (χ3v) is 7.56. The number of thiazole rings is 1. The van der Waals surface area contributed by atoms with Crippen LogP contribution in [0.15, 0.2) is 44.3 Å². The maximum Gasteiger partial charge on any atom is 0.297 e. The zero-order valence-electron chi connectivity index (χ0n) is 16.3. The Morgan fingerprint density at radius 1 is 1.07 bits per heavy atom. The molecule has 4 heterocycles. The molecular formula is C19H16N6O2S3. The van der Waals surface area contributed by atoms with Gasteiger partial charge in [0.25, 0.3) is 11.1 Å².